The van der Waals surface area contributed by atoms with Crippen molar-refractivity contribution < 1.29 is 22.8 Å². The molecule has 0 unspecified atom stereocenters. The Bertz CT molecular complexity index is 917. The van der Waals surface area contributed by atoms with Crippen molar-refractivity contribution >= 4 is 11.8 Å². The topological polar surface area (TPSA) is 108 Å². The second-order valence-electron chi connectivity index (χ2n) is 5.40. The van der Waals surface area contributed by atoms with Crippen molar-refractivity contribution in [3.05, 3.63) is 68.6 Å². The zero-order chi connectivity index (χ0) is 18.9. The number of hydrogen-bond acceptors (Lipinski definition) is 3. The lowest BCUT2D eigenvalue weighted by Crippen LogP contribution is -2.33. The molecular formula is C16H14F3N3O3. The third-order valence-electron chi connectivity index (χ3n) is 3.66. The average Bonchev–Trinajstić information content (AvgIpc) is 2.49. The Morgan fingerprint density at radius 1 is 1.16 bits per heavy atom. The summed E-state index contributed by atoms with van der Waals surface area (Å²) in [5.41, 5.74) is 8.36. The summed E-state index contributed by atoms with van der Waals surface area (Å²) in [5.74, 6) is -1.94. The van der Waals surface area contributed by atoms with Gasteiger partial charge >= 0.3 is 6.18 Å². The second-order valence-corrected chi connectivity index (χ2v) is 5.40. The number of nitrogens with two attached hydrogens (primary N) is 2. The first kappa shape index (κ1) is 18.2. The average molecular weight is 353 g/mol. The molecule has 0 saturated heterocycles. The fraction of sp³-hybridized carbons (Fsp3) is 0.188. The highest BCUT2D eigenvalue weighted by Crippen LogP contribution is 2.29. The molecule has 0 radical (unpaired) electrons. The number of rotatable bonds is 4. The maximum Gasteiger partial charge on any atom is 0.416 e. The smallest absolute Gasteiger partial charge is 0.366 e. The number of aromatic nitrogens is 1. The van der Waals surface area contributed by atoms with Gasteiger partial charge in [0, 0.05) is 6.20 Å². The molecule has 132 valence electrons. The monoisotopic (exact) mass is 353 g/mol. The normalized spacial score (nSPS) is 11.4. The predicted octanol–water partition coefficient (Wildman–Crippen LogP) is 1.42. The van der Waals surface area contributed by atoms with Crippen molar-refractivity contribution in [2.75, 3.05) is 0 Å². The van der Waals surface area contributed by atoms with Gasteiger partial charge in [-0.3, -0.25) is 14.4 Å². The summed E-state index contributed by atoms with van der Waals surface area (Å²) in [6, 6.07) is 4.35. The van der Waals surface area contributed by atoms with Crippen molar-refractivity contribution in [3.8, 4) is 0 Å². The molecule has 6 nitrogen and oxygen atoms in total. The summed E-state index contributed by atoms with van der Waals surface area (Å²) in [7, 11) is 0. The number of pyridine rings is 1. The van der Waals surface area contributed by atoms with Crippen LogP contribution in [0.1, 0.15) is 37.4 Å². The fourth-order valence-electron chi connectivity index (χ4n) is 2.45. The van der Waals surface area contributed by atoms with Crippen molar-refractivity contribution in [3.63, 3.8) is 0 Å². The molecule has 0 saturated carbocycles. The van der Waals surface area contributed by atoms with Gasteiger partial charge in [-0.15, -0.1) is 0 Å². The predicted molar refractivity (Wildman–Crippen MR) is 83.0 cm³/mol. The van der Waals surface area contributed by atoms with Gasteiger partial charge in [0.2, 0.25) is 5.91 Å². The van der Waals surface area contributed by atoms with Crippen LogP contribution in [0.4, 0.5) is 13.2 Å². The Morgan fingerprint density at radius 2 is 1.80 bits per heavy atom. The summed E-state index contributed by atoms with van der Waals surface area (Å²) in [5, 5.41) is 0. The zero-order valence-electron chi connectivity index (χ0n) is 13.1. The van der Waals surface area contributed by atoms with E-state index in [1.54, 1.807) is 0 Å². The van der Waals surface area contributed by atoms with Crippen LogP contribution in [-0.4, -0.2) is 16.4 Å². The lowest BCUT2D eigenvalue weighted by atomic mass is 10.0. The molecule has 0 bridgehead atoms. The maximum atomic E-state index is 12.8. The first-order valence-electron chi connectivity index (χ1n) is 7.02. The van der Waals surface area contributed by atoms with Crippen LogP contribution in [-0.2, 0) is 12.7 Å². The van der Waals surface area contributed by atoms with Gasteiger partial charge < -0.3 is 16.0 Å². The molecule has 0 aliphatic heterocycles. The molecule has 4 N–H and O–H groups in total. The molecule has 25 heavy (non-hydrogen) atoms. The Balaban J connectivity index is 2.59. The van der Waals surface area contributed by atoms with Gasteiger partial charge in [-0.05, 0) is 30.2 Å². The lowest BCUT2D eigenvalue weighted by molar-refractivity contribution is -0.137. The van der Waals surface area contributed by atoms with Gasteiger partial charge in [0.1, 0.15) is 5.56 Å². The number of carbonyl (C=O) groups excluding carboxylic acids is 2. The van der Waals surface area contributed by atoms with E-state index in [1.807, 2.05) is 0 Å². The van der Waals surface area contributed by atoms with Gasteiger partial charge in [0.05, 0.1) is 17.7 Å². The number of halogens is 3. The van der Waals surface area contributed by atoms with Crippen LogP contribution in [0, 0.1) is 6.92 Å². The molecule has 0 spiro atoms. The van der Waals surface area contributed by atoms with Gasteiger partial charge in [-0.1, -0.05) is 12.1 Å². The van der Waals surface area contributed by atoms with E-state index >= 15 is 0 Å². The quantitative estimate of drug-likeness (QED) is 0.868. The molecule has 2 rings (SSSR count). The highest BCUT2D eigenvalue weighted by Gasteiger charge is 2.30. The number of carbonyl (C=O) groups is 2. The highest BCUT2D eigenvalue weighted by atomic mass is 19.4. The van der Waals surface area contributed by atoms with Crippen LogP contribution in [0.2, 0.25) is 0 Å². The molecule has 2 aromatic rings. The Labute approximate surface area is 139 Å². The van der Waals surface area contributed by atoms with Crippen LogP contribution in [0.25, 0.3) is 0 Å². The van der Waals surface area contributed by atoms with Crippen molar-refractivity contribution in [2.45, 2.75) is 19.6 Å². The minimum atomic E-state index is -4.54. The molecule has 0 aliphatic rings. The van der Waals surface area contributed by atoms with E-state index in [9.17, 15) is 27.6 Å². The van der Waals surface area contributed by atoms with Crippen LogP contribution >= 0.6 is 0 Å². The van der Waals surface area contributed by atoms with E-state index in [4.69, 9.17) is 11.5 Å². The zero-order valence-corrected chi connectivity index (χ0v) is 13.1. The van der Waals surface area contributed by atoms with Crippen LogP contribution in [0.15, 0.2) is 35.3 Å². The minimum Gasteiger partial charge on any atom is -0.366 e. The summed E-state index contributed by atoms with van der Waals surface area (Å²) >= 11 is 0. The molecule has 1 aromatic heterocycles. The van der Waals surface area contributed by atoms with Crippen molar-refractivity contribution in [1.29, 1.82) is 0 Å². The Kier molecular flexibility index (Phi) is 4.69. The third-order valence-corrected chi connectivity index (χ3v) is 3.66. The second kappa shape index (κ2) is 6.42. The van der Waals surface area contributed by atoms with E-state index in [1.165, 1.54) is 19.1 Å². The third kappa shape index (κ3) is 3.70. The Morgan fingerprint density at radius 3 is 2.32 bits per heavy atom. The molecule has 9 heteroatoms. The van der Waals surface area contributed by atoms with Gasteiger partial charge in [0.15, 0.2) is 0 Å². The lowest BCUT2D eigenvalue weighted by Gasteiger charge is -2.14. The van der Waals surface area contributed by atoms with E-state index < -0.39 is 34.7 Å². The number of benzene rings is 1. The van der Waals surface area contributed by atoms with E-state index in [0.717, 1.165) is 22.9 Å². The number of primary amides is 2. The number of nitrogens with zero attached hydrogens (tertiary/aromatic N) is 1. The van der Waals surface area contributed by atoms with E-state index in [-0.39, 0.29) is 23.2 Å². The molecule has 1 aromatic carbocycles. The summed E-state index contributed by atoms with van der Waals surface area (Å²) in [6.07, 6.45) is -3.43. The SMILES string of the molecule is Cc1c(C(N)=O)cn(Cc2cccc(C(F)(F)F)c2)c(=O)c1C(N)=O. The molecule has 2 amide bonds. The number of hydrogen-bond donors (Lipinski definition) is 2. The molecule has 0 atom stereocenters. The summed E-state index contributed by atoms with van der Waals surface area (Å²) in [4.78, 5) is 35.4. The minimum absolute atomic E-state index is 0.0327. The number of amides is 2. The molecule has 1 heterocycles. The molecule has 0 aliphatic carbocycles. The van der Waals surface area contributed by atoms with Crippen LogP contribution in [0.3, 0.4) is 0 Å². The fourth-order valence-corrected chi connectivity index (χ4v) is 2.45. The first-order valence-corrected chi connectivity index (χ1v) is 7.02. The first-order chi connectivity index (χ1) is 11.5. The van der Waals surface area contributed by atoms with Crippen LogP contribution < -0.4 is 17.0 Å². The Hall–Kier alpha value is -3.10. The van der Waals surface area contributed by atoms with Crippen molar-refractivity contribution in [2.24, 2.45) is 11.5 Å². The van der Waals surface area contributed by atoms with Crippen molar-refractivity contribution in [1.82, 2.24) is 4.57 Å². The largest absolute Gasteiger partial charge is 0.416 e. The number of alkyl halides is 3. The molecular weight excluding hydrogens is 339 g/mol. The van der Waals surface area contributed by atoms with Crippen LogP contribution in [0.5, 0.6) is 0 Å². The van der Waals surface area contributed by atoms with E-state index in [2.05, 4.69) is 0 Å². The highest BCUT2D eigenvalue weighted by molar-refractivity contribution is 6.00. The van der Waals surface area contributed by atoms with Gasteiger partial charge in [-0.25, -0.2) is 0 Å². The van der Waals surface area contributed by atoms with E-state index in [0.29, 0.717) is 0 Å². The summed E-state index contributed by atoms with van der Waals surface area (Å²) < 4.78 is 39.3. The standard InChI is InChI=1S/C16H14F3N3O3/c1-8-11(13(20)23)7-22(15(25)12(8)14(21)24)6-9-3-2-4-10(5-9)16(17,18)19/h2-5,7H,6H2,1H3,(H2,20,23)(H2,21,24). The van der Waals surface area contributed by atoms with Gasteiger partial charge in [-0.2, -0.15) is 13.2 Å². The summed E-state index contributed by atoms with van der Waals surface area (Å²) in [6.45, 7) is 1.06. The van der Waals surface area contributed by atoms with Gasteiger partial charge in [0.25, 0.3) is 11.5 Å². The molecule has 0 fully saturated rings. The maximum absolute atomic E-state index is 12.8.